The van der Waals surface area contributed by atoms with Gasteiger partial charge in [-0.05, 0) is 29.8 Å². The third-order valence-corrected chi connectivity index (χ3v) is 4.63. The molecule has 1 atom stereocenters. The van der Waals surface area contributed by atoms with Crippen molar-refractivity contribution in [1.82, 2.24) is 0 Å². The molecule has 1 N–H and O–H groups in total. The smallest absolute Gasteiger partial charge is 0.294 e. The van der Waals surface area contributed by atoms with Crippen LogP contribution in [-0.2, 0) is 4.79 Å². The third-order valence-electron chi connectivity index (χ3n) is 4.63. The fourth-order valence-electron chi connectivity index (χ4n) is 3.36. The molecule has 4 rings (SSSR count). The minimum atomic E-state index is -1.05. The van der Waals surface area contributed by atoms with E-state index in [1.165, 1.54) is 41.5 Å². The Bertz CT molecular complexity index is 1130. The van der Waals surface area contributed by atoms with Gasteiger partial charge in [0.15, 0.2) is 11.5 Å². The van der Waals surface area contributed by atoms with Crippen LogP contribution >= 0.6 is 0 Å². The summed E-state index contributed by atoms with van der Waals surface area (Å²) in [6.45, 7) is 0. The molecule has 0 aliphatic carbocycles. The second-order valence-electron chi connectivity index (χ2n) is 6.33. The van der Waals surface area contributed by atoms with E-state index in [9.17, 15) is 24.8 Å². The van der Waals surface area contributed by atoms with Crippen LogP contribution in [0.1, 0.15) is 22.2 Å². The van der Waals surface area contributed by atoms with Gasteiger partial charge in [0.1, 0.15) is 0 Å². The number of furan rings is 1. The number of aliphatic hydroxyl groups is 1. The van der Waals surface area contributed by atoms with Crippen molar-refractivity contribution in [2.75, 3.05) is 4.90 Å². The molecule has 1 aliphatic heterocycles. The number of carbonyl (C=O) groups excluding carboxylic acids is 2. The van der Waals surface area contributed by atoms with Gasteiger partial charge >= 0.3 is 0 Å². The summed E-state index contributed by atoms with van der Waals surface area (Å²) < 4.78 is 5.15. The van der Waals surface area contributed by atoms with Crippen LogP contribution in [0.15, 0.2) is 88.7 Å². The maximum absolute atomic E-state index is 13.0. The van der Waals surface area contributed by atoms with Gasteiger partial charge in [0.05, 0.1) is 22.8 Å². The van der Waals surface area contributed by atoms with Gasteiger partial charge in [0, 0.05) is 17.8 Å². The molecule has 8 heteroatoms. The number of benzene rings is 2. The minimum absolute atomic E-state index is 0.0512. The molecule has 1 aromatic heterocycles. The van der Waals surface area contributed by atoms with Crippen molar-refractivity contribution >= 4 is 23.1 Å². The van der Waals surface area contributed by atoms with Gasteiger partial charge in [-0.2, -0.15) is 0 Å². The average molecular weight is 390 g/mol. The number of nitro groups is 1. The predicted molar refractivity (Wildman–Crippen MR) is 102 cm³/mol. The van der Waals surface area contributed by atoms with Crippen molar-refractivity contribution in [1.29, 1.82) is 0 Å². The number of non-ortho nitro benzene ring substituents is 1. The standard InChI is InChI=1S/C21H14N2O6/c24-19(16-10-5-11-29-16)17-18(13-6-4-9-15(12-13)23(27)28)22(21(26)20(17)25)14-7-2-1-3-8-14/h1-12,18,25H/t18-/m0/s1. The highest BCUT2D eigenvalue weighted by Crippen LogP contribution is 2.42. The number of carbonyl (C=O) groups is 2. The molecule has 1 aliphatic rings. The zero-order valence-corrected chi connectivity index (χ0v) is 14.9. The molecule has 2 heterocycles. The highest BCUT2D eigenvalue weighted by atomic mass is 16.6. The molecule has 0 radical (unpaired) electrons. The molecule has 1 amide bonds. The van der Waals surface area contributed by atoms with Crippen LogP contribution in [0.3, 0.4) is 0 Å². The Balaban J connectivity index is 1.91. The lowest BCUT2D eigenvalue weighted by Crippen LogP contribution is -2.31. The van der Waals surface area contributed by atoms with E-state index < -0.39 is 28.4 Å². The van der Waals surface area contributed by atoms with Gasteiger partial charge in [-0.3, -0.25) is 24.6 Å². The number of nitro benzene ring substituents is 1. The monoisotopic (exact) mass is 390 g/mol. The van der Waals surface area contributed by atoms with Crippen LogP contribution in [-0.4, -0.2) is 21.7 Å². The van der Waals surface area contributed by atoms with E-state index in [1.807, 2.05) is 0 Å². The Kier molecular flexibility index (Phi) is 4.44. The lowest BCUT2D eigenvalue weighted by molar-refractivity contribution is -0.384. The van der Waals surface area contributed by atoms with Crippen molar-refractivity contribution < 1.29 is 24.0 Å². The summed E-state index contributed by atoms with van der Waals surface area (Å²) in [5.74, 6) is -2.21. The fraction of sp³-hybridized carbons (Fsp3) is 0.0476. The maximum Gasteiger partial charge on any atom is 0.294 e. The molecule has 8 nitrogen and oxygen atoms in total. The molecule has 0 saturated heterocycles. The summed E-state index contributed by atoms with van der Waals surface area (Å²) in [5.41, 5.74) is 0.353. The Labute approximate surface area is 164 Å². The average Bonchev–Trinajstić information content (AvgIpc) is 3.36. The maximum atomic E-state index is 13.0. The highest BCUT2D eigenvalue weighted by molar-refractivity contribution is 6.20. The Hall–Kier alpha value is -4.20. The lowest BCUT2D eigenvalue weighted by Gasteiger charge is -2.26. The summed E-state index contributed by atoms with van der Waals surface area (Å²) in [5, 5.41) is 21.8. The zero-order valence-electron chi connectivity index (χ0n) is 14.9. The van der Waals surface area contributed by atoms with Gasteiger partial charge in [-0.15, -0.1) is 0 Å². The molecule has 0 fully saturated rings. The van der Waals surface area contributed by atoms with E-state index in [2.05, 4.69) is 0 Å². The van der Waals surface area contributed by atoms with Gasteiger partial charge in [-0.25, -0.2) is 0 Å². The van der Waals surface area contributed by atoms with E-state index in [-0.39, 0.29) is 17.0 Å². The molecule has 3 aromatic rings. The number of anilines is 1. The number of nitrogens with zero attached hydrogens (tertiary/aromatic N) is 2. The van der Waals surface area contributed by atoms with Crippen molar-refractivity contribution in [3.05, 3.63) is 106 Å². The Morgan fingerprint density at radius 1 is 1.07 bits per heavy atom. The van der Waals surface area contributed by atoms with E-state index >= 15 is 0 Å². The molecule has 0 saturated carbocycles. The quantitative estimate of drug-likeness (QED) is 0.400. The van der Waals surface area contributed by atoms with Gasteiger partial charge in [0.2, 0.25) is 5.78 Å². The summed E-state index contributed by atoms with van der Waals surface area (Å²) in [4.78, 5) is 37.8. The molecule has 2 aromatic carbocycles. The first-order chi connectivity index (χ1) is 14.0. The minimum Gasteiger partial charge on any atom is -0.503 e. The van der Waals surface area contributed by atoms with Crippen LogP contribution in [0.2, 0.25) is 0 Å². The summed E-state index contributed by atoms with van der Waals surface area (Å²) in [7, 11) is 0. The van der Waals surface area contributed by atoms with Crippen molar-refractivity contribution in [2.24, 2.45) is 0 Å². The number of hydrogen-bond donors (Lipinski definition) is 1. The largest absolute Gasteiger partial charge is 0.503 e. The van der Waals surface area contributed by atoms with Crippen LogP contribution in [0, 0.1) is 10.1 Å². The topological polar surface area (TPSA) is 114 Å². The molecular weight excluding hydrogens is 376 g/mol. The van der Waals surface area contributed by atoms with Crippen LogP contribution in [0.25, 0.3) is 0 Å². The van der Waals surface area contributed by atoms with E-state index in [0.29, 0.717) is 11.3 Å². The van der Waals surface area contributed by atoms with Gasteiger partial charge < -0.3 is 9.52 Å². The van der Waals surface area contributed by atoms with E-state index in [4.69, 9.17) is 4.42 Å². The molecule has 29 heavy (non-hydrogen) atoms. The molecule has 0 spiro atoms. The number of ketones is 1. The Morgan fingerprint density at radius 3 is 2.48 bits per heavy atom. The second kappa shape index (κ2) is 7.08. The summed E-state index contributed by atoms with van der Waals surface area (Å²) in [6.07, 6.45) is 1.30. The summed E-state index contributed by atoms with van der Waals surface area (Å²) >= 11 is 0. The molecule has 0 unspecified atom stereocenters. The number of rotatable bonds is 5. The predicted octanol–water partition coefficient (Wildman–Crippen LogP) is 3.97. The van der Waals surface area contributed by atoms with Gasteiger partial charge in [-0.1, -0.05) is 30.3 Å². The highest BCUT2D eigenvalue weighted by Gasteiger charge is 2.45. The number of para-hydroxylation sites is 1. The Morgan fingerprint density at radius 2 is 1.83 bits per heavy atom. The first-order valence-corrected chi connectivity index (χ1v) is 8.63. The molecule has 0 bridgehead atoms. The third kappa shape index (κ3) is 3.06. The van der Waals surface area contributed by atoms with Crippen LogP contribution in [0.5, 0.6) is 0 Å². The number of amides is 1. The zero-order chi connectivity index (χ0) is 20.5. The number of aliphatic hydroxyl groups excluding tert-OH is 1. The second-order valence-corrected chi connectivity index (χ2v) is 6.33. The lowest BCUT2D eigenvalue weighted by atomic mass is 9.94. The fourth-order valence-corrected chi connectivity index (χ4v) is 3.36. The molecular formula is C21H14N2O6. The van der Waals surface area contributed by atoms with Crippen molar-refractivity contribution in [3.8, 4) is 0 Å². The van der Waals surface area contributed by atoms with Gasteiger partial charge in [0.25, 0.3) is 11.6 Å². The number of hydrogen-bond acceptors (Lipinski definition) is 6. The SMILES string of the molecule is O=C(C1=C(O)C(=O)N(c2ccccc2)[C@H]1c1cccc([N+](=O)[O-])c1)c1ccco1. The first-order valence-electron chi connectivity index (χ1n) is 8.63. The van der Waals surface area contributed by atoms with Crippen LogP contribution in [0.4, 0.5) is 11.4 Å². The van der Waals surface area contributed by atoms with Crippen LogP contribution < -0.4 is 4.90 Å². The van der Waals surface area contributed by atoms with E-state index in [0.717, 1.165) is 0 Å². The van der Waals surface area contributed by atoms with E-state index in [1.54, 1.807) is 36.4 Å². The summed E-state index contributed by atoms with van der Waals surface area (Å²) in [6, 6.07) is 16.0. The normalized spacial score (nSPS) is 16.3. The molecule has 144 valence electrons. The van der Waals surface area contributed by atoms with Crippen molar-refractivity contribution in [2.45, 2.75) is 6.04 Å². The number of Topliss-reactive ketones (excluding diaryl/α,β-unsaturated/α-hetero) is 1. The first kappa shape index (κ1) is 18.2. The van der Waals surface area contributed by atoms with Crippen molar-refractivity contribution in [3.63, 3.8) is 0 Å².